The maximum absolute atomic E-state index is 9.49. The first-order chi connectivity index (χ1) is 5.29. The van der Waals surface area contributed by atoms with E-state index in [2.05, 4.69) is 13.2 Å². The summed E-state index contributed by atoms with van der Waals surface area (Å²) in [6.07, 6.45) is 0. The summed E-state index contributed by atoms with van der Waals surface area (Å²) < 4.78 is 0. The Bertz CT molecular complexity index is 175. The second kappa shape index (κ2) is 16.3. The molecule has 0 aliphatic rings. The van der Waals surface area contributed by atoms with Gasteiger partial charge < -0.3 is 30.8 Å². The van der Waals surface area contributed by atoms with E-state index in [1.165, 1.54) is 13.8 Å². The van der Waals surface area contributed by atoms with Crippen LogP contribution in [-0.4, -0.2) is 71.8 Å². The van der Waals surface area contributed by atoms with E-state index in [1.807, 2.05) is 0 Å². The third-order valence-corrected chi connectivity index (χ3v) is 0.697. The Balaban J connectivity index is -0.0000000370. The summed E-state index contributed by atoms with van der Waals surface area (Å²) in [5.41, 5.74) is 0.130. The summed E-state index contributed by atoms with van der Waals surface area (Å²) >= 11 is 0. The zero-order chi connectivity index (χ0) is 10.3. The van der Waals surface area contributed by atoms with Gasteiger partial charge >= 0.3 is 48.9 Å². The van der Waals surface area contributed by atoms with E-state index in [-0.39, 0.29) is 71.0 Å². The van der Waals surface area contributed by atoms with Gasteiger partial charge in [-0.25, -0.2) is 0 Å². The van der Waals surface area contributed by atoms with Crippen molar-refractivity contribution in [2.24, 2.45) is 0 Å². The van der Waals surface area contributed by atoms with Gasteiger partial charge in [0.15, 0.2) is 0 Å². The quantitative estimate of drug-likeness (QED) is 0.380. The fourth-order valence-corrected chi connectivity index (χ4v) is 0. The van der Waals surface area contributed by atoms with Crippen LogP contribution < -0.4 is 10.2 Å². The summed E-state index contributed by atoms with van der Waals surface area (Å²) in [7, 11) is 0. The van der Waals surface area contributed by atoms with Gasteiger partial charge in [-0.3, -0.25) is 0 Å². The number of carbonyl (C=O) groups is 2. The number of carboxylic acid groups (broad SMARTS) is 2. The summed E-state index contributed by atoms with van der Waals surface area (Å²) in [6.45, 7) is 8.95. The second-order valence-corrected chi connectivity index (χ2v) is 2.14. The smallest absolute Gasteiger partial charge is 0.545 e. The molecule has 84 valence electrons. The van der Waals surface area contributed by atoms with Gasteiger partial charge in [0.1, 0.15) is 0 Å². The van der Waals surface area contributed by atoms with Gasteiger partial charge in [-0.15, -0.1) is 0 Å². The summed E-state index contributed by atoms with van der Waals surface area (Å²) in [6, 6.07) is 0. The number of carbonyl (C=O) groups excluding carboxylic acids is 2. The van der Waals surface area contributed by atoms with E-state index in [1.54, 1.807) is 0 Å². The molecule has 6 nitrogen and oxygen atoms in total. The molecular formula is C8H14BaO6. The van der Waals surface area contributed by atoms with Crippen molar-refractivity contribution in [3.63, 3.8) is 0 Å². The first-order valence-corrected chi connectivity index (χ1v) is 3.02. The summed E-state index contributed by atoms with van der Waals surface area (Å²) in [5, 5.41) is 19.0. The van der Waals surface area contributed by atoms with Crippen molar-refractivity contribution in [3.8, 4) is 0 Å². The Morgan fingerprint density at radius 2 is 0.933 bits per heavy atom. The second-order valence-electron chi connectivity index (χ2n) is 2.14. The molecule has 0 fully saturated rings. The van der Waals surface area contributed by atoms with Crippen molar-refractivity contribution < 1.29 is 30.8 Å². The molecule has 7 heteroatoms. The Labute approximate surface area is 128 Å². The fraction of sp³-hybridized carbons (Fsp3) is 0.250. The largest absolute Gasteiger partial charge is 2.00 e. The van der Waals surface area contributed by atoms with Gasteiger partial charge in [-0.2, -0.15) is 0 Å². The molecule has 0 spiro atoms. The van der Waals surface area contributed by atoms with Gasteiger partial charge in [0.2, 0.25) is 0 Å². The molecule has 15 heavy (non-hydrogen) atoms. The molecular weight excluding hydrogens is 329 g/mol. The molecule has 0 atom stereocenters. The Hall–Kier alpha value is -0.0886. The van der Waals surface area contributed by atoms with Crippen molar-refractivity contribution in [2.45, 2.75) is 13.8 Å². The molecule has 0 amide bonds. The number of hydrogen-bond donors (Lipinski definition) is 0. The molecule has 0 aromatic rings. The molecule has 4 N–H and O–H groups in total. The van der Waals surface area contributed by atoms with Crippen molar-refractivity contribution in [1.82, 2.24) is 0 Å². The zero-order valence-electron chi connectivity index (χ0n) is 8.75. The molecule has 0 saturated heterocycles. The number of aliphatic carboxylic acids is 2. The Morgan fingerprint density at radius 3 is 0.933 bits per heavy atom. The molecule has 0 rings (SSSR count). The molecule has 0 bridgehead atoms. The molecule has 0 aliphatic carbocycles. The molecule has 0 aromatic heterocycles. The molecule has 0 aromatic carbocycles. The molecule has 0 radical (unpaired) electrons. The fourth-order valence-electron chi connectivity index (χ4n) is 0. The van der Waals surface area contributed by atoms with Crippen LogP contribution in [-0.2, 0) is 9.59 Å². The number of hydrogen-bond acceptors (Lipinski definition) is 4. The predicted octanol–water partition coefficient (Wildman–Crippen LogP) is -3.41. The third kappa shape index (κ3) is 31.5. The molecule has 0 aliphatic heterocycles. The summed E-state index contributed by atoms with van der Waals surface area (Å²) in [4.78, 5) is 19.0. The zero-order valence-corrected chi connectivity index (χ0v) is 13.2. The van der Waals surface area contributed by atoms with E-state index in [4.69, 9.17) is 0 Å². The van der Waals surface area contributed by atoms with Crippen LogP contribution in [0.5, 0.6) is 0 Å². The minimum absolute atomic E-state index is 0. The molecule has 0 heterocycles. The van der Waals surface area contributed by atoms with Gasteiger partial charge in [0.25, 0.3) is 0 Å². The van der Waals surface area contributed by atoms with E-state index in [9.17, 15) is 19.8 Å². The topological polar surface area (TPSA) is 143 Å². The first-order valence-electron chi connectivity index (χ1n) is 3.02. The van der Waals surface area contributed by atoms with Crippen LogP contribution in [0.1, 0.15) is 13.8 Å². The third-order valence-electron chi connectivity index (χ3n) is 0.697. The first kappa shape index (κ1) is 29.4. The average Bonchev–Trinajstić information content (AvgIpc) is 1.88. The molecule has 0 unspecified atom stereocenters. The molecule has 0 saturated carbocycles. The summed E-state index contributed by atoms with van der Waals surface area (Å²) in [5.74, 6) is -2.37. The van der Waals surface area contributed by atoms with Crippen molar-refractivity contribution in [2.75, 3.05) is 0 Å². The number of rotatable bonds is 2. The van der Waals surface area contributed by atoms with Gasteiger partial charge in [0.05, 0.1) is 11.9 Å². The van der Waals surface area contributed by atoms with Crippen LogP contribution in [0.3, 0.4) is 0 Å². The van der Waals surface area contributed by atoms with Crippen molar-refractivity contribution >= 4 is 60.8 Å². The van der Waals surface area contributed by atoms with Gasteiger partial charge in [0, 0.05) is 0 Å². The van der Waals surface area contributed by atoms with Crippen LogP contribution in [0.2, 0.25) is 0 Å². The SMILES string of the molecule is C=C(C)C(=O)[O-].C=C(C)C(=O)[O-].O.O.[Ba+2]. The standard InChI is InChI=1S/2C4H6O2.Ba.2H2O/c2*1-3(2)4(5)6;;;/h2*1H2,2H3,(H,5,6);;2*1H2/q;;+2;;/p-2. The van der Waals surface area contributed by atoms with E-state index < -0.39 is 11.9 Å². The van der Waals surface area contributed by atoms with Gasteiger partial charge in [-0.05, 0) is 25.0 Å². The van der Waals surface area contributed by atoms with Crippen molar-refractivity contribution in [1.29, 1.82) is 0 Å². The Kier molecular flexibility index (Phi) is 32.0. The van der Waals surface area contributed by atoms with Crippen molar-refractivity contribution in [3.05, 3.63) is 24.3 Å². The van der Waals surface area contributed by atoms with Gasteiger partial charge in [-0.1, -0.05) is 13.2 Å². The van der Waals surface area contributed by atoms with Crippen LogP contribution in [0.4, 0.5) is 0 Å². The minimum atomic E-state index is -1.19. The number of carboxylic acids is 2. The monoisotopic (exact) mass is 344 g/mol. The maximum Gasteiger partial charge on any atom is 2.00 e. The van der Waals surface area contributed by atoms with Crippen LogP contribution in [0, 0.1) is 0 Å². The van der Waals surface area contributed by atoms with E-state index in [0.29, 0.717) is 0 Å². The minimum Gasteiger partial charge on any atom is -0.545 e. The average molecular weight is 344 g/mol. The van der Waals surface area contributed by atoms with E-state index >= 15 is 0 Å². The van der Waals surface area contributed by atoms with Crippen LogP contribution in [0.25, 0.3) is 0 Å². The predicted molar refractivity (Wildman–Crippen MR) is 52.6 cm³/mol. The van der Waals surface area contributed by atoms with Crippen LogP contribution in [0.15, 0.2) is 24.3 Å². The normalized spacial score (nSPS) is 6.00. The Morgan fingerprint density at radius 1 is 0.867 bits per heavy atom. The maximum atomic E-state index is 9.49. The van der Waals surface area contributed by atoms with Crippen LogP contribution >= 0.6 is 0 Å². The van der Waals surface area contributed by atoms with E-state index in [0.717, 1.165) is 0 Å².